The van der Waals surface area contributed by atoms with E-state index in [0.29, 0.717) is 140 Å². The van der Waals surface area contributed by atoms with Gasteiger partial charge in [0.05, 0.1) is 87.0 Å². The van der Waals surface area contributed by atoms with Crippen molar-refractivity contribution in [1.29, 1.82) is 10.5 Å². The van der Waals surface area contributed by atoms with Gasteiger partial charge in [-0.25, -0.2) is 9.59 Å². The average Bonchev–Trinajstić information content (AvgIpc) is 1.46. The van der Waals surface area contributed by atoms with Crippen LogP contribution in [0.25, 0.3) is 0 Å². The number of fused-ring (bicyclic) bond motifs is 18. The number of piperazine rings is 2. The number of carbonyl (C=O) groups is 4. The zero-order valence-corrected chi connectivity index (χ0v) is 64.7. The highest BCUT2D eigenvalue weighted by Crippen LogP contribution is 2.67. The van der Waals surface area contributed by atoms with Gasteiger partial charge >= 0.3 is 23.9 Å². The van der Waals surface area contributed by atoms with Crippen molar-refractivity contribution in [2.24, 2.45) is 0 Å². The molecule has 582 valence electrons. The quantitative estimate of drug-likeness (QED) is 0.0722. The summed E-state index contributed by atoms with van der Waals surface area (Å²) >= 11 is 1.48. The van der Waals surface area contributed by atoms with Gasteiger partial charge in [-0.15, -0.1) is 11.8 Å². The van der Waals surface area contributed by atoms with Crippen LogP contribution in [0.15, 0.2) is 36.4 Å². The lowest BCUT2D eigenvalue weighted by Crippen LogP contribution is -2.70. The Hall–Kier alpha value is -9.96. The van der Waals surface area contributed by atoms with Crippen molar-refractivity contribution in [3.05, 3.63) is 125 Å². The van der Waals surface area contributed by atoms with Crippen molar-refractivity contribution >= 4 is 46.4 Å². The number of nitrogens with one attached hydrogen (secondary N) is 2. The molecule has 15 atom stereocenters. The number of carbonyl (C=O) groups excluding carboxylic acids is 4. The molecule has 0 radical (unpaired) electrons. The van der Waals surface area contributed by atoms with Crippen molar-refractivity contribution in [2.75, 3.05) is 93.9 Å². The summed E-state index contributed by atoms with van der Waals surface area (Å²) in [5, 5.41) is 73.1. The predicted molar refractivity (Wildman–Crippen MR) is 396 cm³/mol. The average molecular weight is 1560 g/mol. The van der Waals surface area contributed by atoms with E-state index in [1.165, 1.54) is 54.0 Å². The van der Waals surface area contributed by atoms with E-state index in [1.54, 1.807) is 31.2 Å². The number of nitriles is 2. The lowest BCUT2D eigenvalue weighted by atomic mass is 9.71. The maximum atomic E-state index is 16.0. The Labute approximate surface area is 645 Å². The minimum atomic E-state index is -2.06. The third-order valence-corrected chi connectivity index (χ3v) is 28.3. The molecule has 8 bridgehead atoms. The number of phenols is 4. The SMILES string of the molecule is COc1cc2c(cc1O)CCN[C@]21CS(=O)[C@@H]2c3c(OC(C)=O)c(C)c4c(c3[C@H](COC1=O)N1C2[C@H]2c3c(cc(C)c(OC)c3O)C[C@@H]([C@@H]1C#N)N2C)OCO4.COc1cc2c(cc1O)CCN[C@]21CS[C@@H]2c3c(OC(C)=O)c(C)c4c(c3[C@H](COC1=O)N1C2[C@H]2c3c(cc(C)c(OC)c3O)C[C@@H]([C@@H]1C#N)N2C)OCO4. The van der Waals surface area contributed by atoms with Crippen LogP contribution < -0.4 is 58.0 Å². The molecule has 14 heterocycles. The number of likely N-dealkylation sites (N-methyl/N-ethyl adjacent to an activating group) is 2. The monoisotopic (exact) mass is 1560 g/mol. The molecule has 0 aliphatic carbocycles. The Morgan fingerprint density at radius 1 is 0.568 bits per heavy atom. The topological polar surface area (TPSA) is 362 Å². The number of ether oxygens (including phenoxy) is 12. The van der Waals surface area contributed by atoms with E-state index in [1.807, 2.05) is 51.9 Å². The van der Waals surface area contributed by atoms with Crippen LogP contribution in [-0.2, 0) is 76.2 Å². The minimum Gasteiger partial charge on any atom is -0.504 e. The first-order valence-corrected chi connectivity index (χ1v) is 39.2. The molecule has 3 unspecified atom stereocenters. The van der Waals surface area contributed by atoms with Gasteiger partial charge in [-0.2, -0.15) is 10.5 Å². The molecule has 4 fully saturated rings. The first-order chi connectivity index (χ1) is 53.3. The van der Waals surface area contributed by atoms with Gasteiger partial charge in [0.15, 0.2) is 80.1 Å². The van der Waals surface area contributed by atoms with E-state index in [2.05, 4.69) is 37.5 Å². The minimum absolute atomic E-state index is 0.0239. The molecule has 0 aromatic heterocycles. The first-order valence-electron chi connectivity index (χ1n) is 36.8. The number of phenolic OH excluding ortho intramolecular Hbond substituents is 4. The van der Waals surface area contributed by atoms with Gasteiger partial charge in [-0.1, -0.05) is 12.1 Å². The van der Waals surface area contributed by atoms with E-state index >= 15 is 4.21 Å². The second kappa shape index (κ2) is 27.2. The number of rotatable bonds is 6. The summed E-state index contributed by atoms with van der Waals surface area (Å²) < 4.78 is 87.8. The van der Waals surface area contributed by atoms with Crippen LogP contribution in [0.1, 0.15) is 138 Å². The van der Waals surface area contributed by atoms with Crippen LogP contribution >= 0.6 is 11.8 Å². The number of thioether (sulfide) groups is 1. The van der Waals surface area contributed by atoms with Crippen LogP contribution in [0.2, 0.25) is 0 Å². The Kier molecular flexibility index (Phi) is 18.1. The fourth-order valence-electron chi connectivity index (χ4n) is 20.6. The summed E-state index contributed by atoms with van der Waals surface area (Å²) in [5.74, 6) is 0.504. The summed E-state index contributed by atoms with van der Waals surface area (Å²) in [7, 11) is 7.74. The first kappa shape index (κ1) is 73.8. The Morgan fingerprint density at radius 3 is 1.49 bits per heavy atom. The van der Waals surface area contributed by atoms with E-state index in [0.717, 1.165) is 27.8 Å². The van der Waals surface area contributed by atoms with Crippen LogP contribution in [0.4, 0.5) is 0 Å². The van der Waals surface area contributed by atoms with E-state index < -0.39 is 105 Å². The Balaban J connectivity index is 0.000000161. The summed E-state index contributed by atoms with van der Waals surface area (Å²) in [5.41, 5.74) is 7.40. The highest BCUT2D eigenvalue weighted by Gasteiger charge is 2.66. The fourth-order valence-corrected chi connectivity index (χ4v) is 24.3. The number of benzene rings is 6. The number of esters is 4. The van der Waals surface area contributed by atoms with Gasteiger partial charge in [0.25, 0.3) is 0 Å². The smallest absolute Gasteiger partial charge is 0.332 e. The van der Waals surface area contributed by atoms with Crippen molar-refractivity contribution in [3.63, 3.8) is 0 Å². The molecule has 111 heavy (non-hydrogen) atoms. The normalized spacial score (nSPS) is 29.4. The van der Waals surface area contributed by atoms with Crippen molar-refractivity contribution in [2.45, 2.75) is 149 Å². The molecule has 20 rings (SSSR count). The van der Waals surface area contributed by atoms with Crippen LogP contribution in [0, 0.1) is 50.4 Å². The van der Waals surface area contributed by atoms with Gasteiger partial charge in [-0.05, 0) is 136 Å². The number of aromatic hydroxyl groups is 4. The van der Waals surface area contributed by atoms with Gasteiger partial charge < -0.3 is 77.3 Å². The lowest BCUT2D eigenvalue weighted by Gasteiger charge is -2.62. The van der Waals surface area contributed by atoms with Crippen LogP contribution in [-0.4, -0.2) is 198 Å². The van der Waals surface area contributed by atoms with Crippen molar-refractivity contribution in [3.8, 4) is 92.6 Å². The molecule has 0 saturated carbocycles. The number of methoxy groups -OCH3 is 4. The third-order valence-electron chi connectivity index (χ3n) is 25.0. The molecular formula is C80H84N8O21S2. The Morgan fingerprint density at radius 2 is 1.01 bits per heavy atom. The summed E-state index contributed by atoms with van der Waals surface area (Å²) in [6.45, 7) is 10.1. The third kappa shape index (κ3) is 10.6. The van der Waals surface area contributed by atoms with Crippen molar-refractivity contribution in [1.82, 2.24) is 30.2 Å². The molecule has 29 nitrogen and oxygen atoms in total. The molecule has 0 amide bonds. The molecule has 6 aromatic rings. The molecule has 4 saturated heterocycles. The van der Waals surface area contributed by atoms with Gasteiger partial charge in [0, 0.05) is 106 Å². The number of nitrogens with zero attached hydrogens (tertiary/aromatic N) is 6. The Bertz CT molecular complexity index is 5160. The van der Waals surface area contributed by atoms with Gasteiger partial charge in [0.2, 0.25) is 13.6 Å². The van der Waals surface area contributed by atoms with E-state index in [4.69, 9.17) is 56.8 Å². The van der Waals surface area contributed by atoms with Gasteiger partial charge in [-0.3, -0.25) is 44.0 Å². The second-order valence-corrected chi connectivity index (χ2v) is 33.1. The molecule has 2 spiro atoms. The zero-order chi connectivity index (χ0) is 78.2. The van der Waals surface area contributed by atoms with Crippen LogP contribution in [0.5, 0.6) is 80.5 Å². The molecule has 31 heteroatoms. The highest BCUT2D eigenvalue weighted by molar-refractivity contribution is 7.99. The van der Waals surface area contributed by atoms with Crippen LogP contribution in [0.3, 0.4) is 0 Å². The zero-order valence-electron chi connectivity index (χ0n) is 63.1. The van der Waals surface area contributed by atoms with E-state index in [-0.39, 0.29) is 90.6 Å². The number of aryl methyl sites for hydroxylation is 2. The van der Waals surface area contributed by atoms with Crippen molar-refractivity contribution < 1.29 is 101 Å². The highest BCUT2D eigenvalue weighted by atomic mass is 32.2. The molecule has 14 aliphatic heterocycles. The standard InChI is InChI=1S/C40H42N4O11S.C40H42N4O10S/c1-17-9-21-10-23-24(13-41)44-25-14-52-39(48)40(22-12-27(50-5)26(46)11-20(22)7-8-42-40)15-56(49)38(32(44)31(43(23)4)28(21)33(47)34(17)51-6)30-29(25)37-36(53-16-54-37)18(2)35(30)55-19(3)45;1-17-9-21-10-23-24(13-41)44-25-14-51-39(48)40(22-12-27(49-5)26(46)11-20(22)7-8-42-40)15-55-38(32(44)31(43(23)4)28(21)33(47)34(17)50-6)30-29(25)37-36(52-16-53-37)18(2)35(30)54-19(3)45/h9,11-12,23-25,31-32,38,42,46-47H,7-8,10,14-16H2,1-6H3;9,11-12,23-25,31-32,38,42,46-47H,7-8,10,14-16H2,1-6H3/t23-,24-,25-,31+,32?,38+,40+,56?;23-,24-,25-,31+,32?,38+,40+/m00/s1. The lowest BCUT2D eigenvalue weighted by molar-refractivity contribution is -0.158. The summed E-state index contributed by atoms with van der Waals surface area (Å²) in [4.78, 5) is 63.8. The summed E-state index contributed by atoms with van der Waals surface area (Å²) in [6.07, 6.45) is 1.93. The second-order valence-electron chi connectivity index (χ2n) is 30.4. The van der Waals surface area contributed by atoms with Gasteiger partial charge in [0.1, 0.15) is 36.8 Å². The fraction of sp³-hybridized carbons (Fsp3) is 0.475. The van der Waals surface area contributed by atoms with E-state index in [9.17, 15) is 50.1 Å². The molecular weight excluding hydrogens is 1470 g/mol. The maximum Gasteiger partial charge on any atom is 0.332 e. The largest absolute Gasteiger partial charge is 0.504 e. The molecule has 6 N–H and O–H groups in total. The maximum absolute atomic E-state index is 16.0. The number of hydrogen-bond donors (Lipinski definition) is 6. The number of hydrogen-bond acceptors (Lipinski definition) is 30. The predicted octanol–water partition coefficient (Wildman–Crippen LogP) is 6.99. The molecule has 6 aromatic carbocycles. The molecule has 14 aliphatic rings. The summed E-state index contributed by atoms with van der Waals surface area (Å²) in [6, 6.07) is 9.37.